The SMILES string of the molecule is CCNC(c1ccc(F)cc1)c1ccc(OC)c(Br)c1. The van der Waals surface area contributed by atoms with Crippen molar-refractivity contribution in [3.63, 3.8) is 0 Å². The van der Waals surface area contributed by atoms with E-state index in [1.165, 1.54) is 12.1 Å². The van der Waals surface area contributed by atoms with Crippen LogP contribution in [0.5, 0.6) is 5.75 Å². The lowest BCUT2D eigenvalue weighted by molar-refractivity contribution is 0.412. The number of rotatable bonds is 5. The monoisotopic (exact) mass is 337 g/mol. The van der Waals surface area contributed by atoms with Crippen molar-refractivity contribution in [2.45, 2.75) is 13.0 Å². The van der Waals surface area contributed by atoms with Gasteiger partial charge in [-0.15, -0.1) is 0 Å². The maximum Gasteiger partial charge on any atom is 0.133 e. The zero-order valence-electron chi connectivity index (χ0n) is 11.5. The van der Waals surface area contributed by atoms with E-state index in [0.717, 1.165) is 27.9 Å². The molecular weight excluding hydrogens is 321 g/mol. The summed E-state index contributed by atoms with van der Waals surface area (Å²) in [6.45, 7) is 2.88. The third-order valence-electron chi connectivity index (χ3n) is 3.12. The van der Waals surface area contributed by atoms with Crippen molar-refractivity contribution in [2.24, 2.45) is 0 Å². The van der Waals surface area contributed by atoms with Crippen molar-refractivity contribution in [3.05, 3.63) is 63.9 Å². The van der Waals surface area contributed by atoms with E-state index in [9.17, 15) is 4.39 Å². The molecule has 2 rings (SSSR count). The maximum atomic E-state index is 13.1. The van der Waals surface area contributed by atoms with Gasteiger partial charge >= 0.3 is 0 Å². The molecule has 2 nitrogen and oxygen atoms in total. The molecule has 4 heteroatoms. The maximum absolute atomic E-state index is 13.1. The Bertz CT molecular complexity index is 571. The zero-order valence-corrected chi connectivity index (χ0v) is 13.1. The van der Waals surface area contributed by atoms with E-state index in [4.69, 9.17) is 4.74 Å². The molecule has 1 unspecified atom stereocenters. The third kappa shape index (κ3) is 3.38. The smallest absolute Gasteiger partial charge is 0.133 e. The van der Waals surface area contributed by atoms with Crippen LogP contribution in [0.4, 0.5) is 4.39 Å². The molecule has 2 aromatic carbocycles. The molecular formula is C16H17BrFNO. The molecule has 0 aliphatic carbocycles. The number of methoxy groups -OCH3 is 1. The number of ether oxygens (including phenoxy) is 1. The summed E-state index contributed by atoms with van der Waals surface area (Å²) < 4.78 is 19.2. The van der Waals surface area contributed by atoms with E-state index >= 15 is 0 Å². The Balaban J connectivity index is 2.37. The number of hydrogen-bond acceptors (Lipinski definition) is 2. The molecule has 0 radical (unpaired) electrons. The third-order valence-corrected chi connectivity index (χ3v) is 3.74. The summed E-state index contributed by atoms with van der Waals surface area (Å²) in [5.74, 6) is 0.572. The van der Waals surface area contributed by atoms with Gasteiger partial charge in [-0.2, -0.15) is 0 Å². The Kier molecular flexibility index (Phi) is 5.15. The first-order chi connectivity index (χ1) is 9.65. The van der Waals surface area contributed by atoms with E-state index < -0.39 is 0 Å². The summed E-state index contributed by atoms with van der Waals surface area (Å²) >= 11 is 3.50. The van der Waals surface area contributed by atoms with E-state index in [-0.39, 0.29) is 11.9 Å². The van der Waals surface area contributed by atoms with Crippen LogP contribution in [0.1, 0.15) is 24.1 Å². The number of benzene rings is 2. The highest BCUT2D eigenvalue weighted by Crippen LogP contribution is 2.30. The minimum atomic E-state index is -0.222. The number of halogens is 2. The van der Waals surface area contributed by atoms with Crippen molar-refractivity contribution in [3.8, 4) is 5.75 Å². The summed E-state index contributed by atoms with van der Waals surface area (Å²) in [4.78, 5) is 0. The second-order valence-electron chi connectivity index (χ2n) is 4.44. The molecule has 0 amide bonds. The Morgan fingerprint density at radius 2 is 1.80 bits per heavy atom. The molecule has 0 saturated carbocycles. The van der Waals surface area contributed by atoms with Crippen LogP contribution in [-0.4, -0.2) is 13.7 Å². The van der Waals surface area contributed by atoms with Crippen LogP contribution in [-0.2, 0) is 0 Å². The van der Waals surface area contributed by atoms with Crippen LogP contribution < -0.4 is 10.1 Å². The molecule has 2 aromatic rings. The van der Waals surface area contributed by atoms with Gasteiger partial charge < -0.3 is 10.1 Å². The van der Waals surface area contributed by atoms with Crippen molar-refractivity contribution in [1.82, 2.24) is 5.32 Å². The molecule has 0 bridgehead atoms. The summed E-state index contributed by atoms with van der Waals surface area (Å²) in [6, 6.07) is 12.6. The first-order valence-electron chi connectivity index (χ1n) is 6.48. The summed E-state index contributed by atoms with van der Waals surface area (Å²) in [5, 5.41) is 3.42. The highest BCUT2D eigenvalue weighted by Gasteiger charge is 2.14. The fraction of sp³-hybridized carbons (Fsp3) is 0.250. The Hall–Kier alpha value is -1.39. The molecule has 0 aliphatic rings. The normalized spacial score (nSPS) is 12.2. The van der Waals surface area contributed by atoms with E-state index in [2.05, 4.69) is 28.2 Å². The first kappa shape index (κ1) is 15.0. The fourth-order valence-corrected chi connectivity index (χ4v) is 2.71. The molecule has 0 heterocycles. The van der Waals surface area contributed by atoms with Crippen molar-refractivity contribution < 1.29 is 9.13 Å². The zero-order chi connectivity index (χ0) is 14.5. The predicted molar refractivity (Wildman–Crippen MR) is 82.6 cm³/mol. The quantitative estimate of drug-likeness (QED) is 0.878. The van der Waals surface area contributed by atoms with Crippen LogP contribution in [0.2, 0.25) is 0 Å². The molecule has 106 valence electrons. The van der Waals surface area contributed by atoms with Crippen molar-refractivity contribution in [1.29, 1.82) is 0 Å². The summed E-state index contributed by atoms with van der Waals surface area (Å²) in [6.07, 6.45) is 0. The van der Waals surface area contributed by atoms with E-state index in [0.29, 0.717) is 0 Å². The molecule has 1 N–H and O–H groups in total. The highest BCUT2D eigenvalue weighted by molar-refractivity contribution is 9.10. The first-order valence-corrected chi connectivity index (χ1v) is 7.27. The van der Waals surface area contributed by atoms with Crippen LogP contribution in [0, 0.1) is 5.82 Å². The van der Waals surface area contributed by atoms with Gasteiger partial charge in [-0.3, -0.25) is 0 Å². The minimum absolute atomic E-state index is 0.0304. The predicted octanol–water partition coefficient (Wildman–Crippen LogP) is 4.30. The molecule has 20 heavy (non-hydrogen) atoms. The van der Waals surface area contributed by atoms with Gasteiger partial charge in [-0.1, -0.05) is 25.1 Å². The van der Waals surface area contributed by atoms with E-state index in [1.807, 2.05) is 18.2 Å². The number of nitrogens with one attached hydrogen (secondary N) is 1. The Morgan fingerprint density at radius 1 is 1.15 bits per heavy atom. The van der Waals surface area contributed by atoms with Gasteiger partial charge in [0.2, 0.25) is 0 Å². The molecule has 0 saturated heterocycles. The molecule has 0 spiro atoms. The molecule has 0 aliphatic heterocycles. The highest BCUT2D eigenvalue weighted by atomic mass is 79.9. The van der Waals surface area contributed by atoms with Gasteiger partial charge in [-0.25, -0.2) is 4.39 Å². The summed E-state index contributed by atoms with van der Waals surface area (Å²) in [7, 11) is 1.64. The van der Waals surface area contributed by atoms with Crippen molar-refractivity contribution in [2.75, 3.05) is 13.7 Å². The van der Waals surface area contributed by atoms with Crippen LogP contribution >= 0.6 is 15.9 Å². The fourth-order valence-electron chi connectivity index (χ4n) is 2.15. The van der Waals surface area contributed by atoms with Crippen LogP contribution in [0.3, 0.4) is 0 Å². The molecule has 0 aromatic heterocycles. The second-order valence-corrected chi connectivity index (χ2v) is 5.29. The average Bonchev–Trinajstić information content (AvgIpc) is 2.46. The van der Waals surface area contributed by atoms with Crippen LogP contribution in [0.15, 0.2) is 46.9 Å². The molecule has 1 atom stereocenters. The lowest BCUT2D eigenvalue weighted by Crippen LogP contribution is -2.22. The Labute approximate surface area is 127 Å². The van der Waals surface area contributed by atoms with Crippen molar-refractivity contribution >= 4 is 15.9 Å². The topological polar surface area (TPSA) is 21.3 Å². The standard InChI is InChI=1S/C16H17BrFNO/c1-3-19-16(11-4-7-13(18)8-5-11)12-6-9-15(20-2)14(17)10-12/h4-10,16,19H,3H2,1-2H3. The largest absolute Gasteiger partial charge is 0.496 e. The van der Waals surface area contributed by atoms with E-state index in [1.54, 1.807) is 19.2 Å². The van der Waals surface area contributed by atoms with Gasteiger partial charge in [0.15, 0.2) is 0 Å². The van der Waals surface area contributed by atoms with Gasteiger partial charge in [0.25, 0.3) is 0 Å². The van der Waals surface area contributed by atoms with Gasteiger partial charge in [0, 0.05) is 0 Å². The molecule has 0 fully saturated rings. The lowest BCUT2D eigenvalue weighted by atomic mass is 9.98. The Morgan fingerprint density at radius 3 is 2.35 bits per heavy atom. The van der Waals surface area contributed by atoms with Gasteiger partial charge in [0.05, 0.1) is 17.6 Å². The van der Waals surface area contributed by atoms with Crippen LogP contribution in [0.25, 0.3) is 0 Å². The number of hydrogen-bond donors (Lipinski definition) is 1. The lowest BCUT2D eigenvalue weighted by Gasteiger charge is -2.20. The average molecular weight is 338 g/mol. The summed E-state index contributed by atoms with van der Waals surface area (Å²) in [5.41, 5.74) is 2.14. The second kappa shape index (κ2) is 6.86. The van der Waals surface area contributed by atoms with Gasteiger partial charge in [-0.05, 0) is 57.9 Å². The van der Waals surface area contributed by atoms with Gasteiger partial charge in [0.1, 0.15) is 11.6 Å². The minimum Gasteiger partial charge on any atom is -0.496 e.